The van der Waals surface area contributed by atoms with Crippen LogP contribution in [-0.2, 0) is 6.54 Å². The number of nitrogens with two attached hydrogens (primary N) is 1. The molecule has 0 bridgehead atoms. The van der Waals surface area contributed by atoms with Gasteiger partial charge in [-0.1, -0.05) is 0 Å². The lowest BCUT2D eigenvalue weighted by atomic mass is 10.4. The fraction of sp³-hybridized carbons (Fsp3) is 0.857. The molecule has 1 saturated carbocycles. The topological polar surface area (TPSA) is 69.6 Å². The number of nitrogens with zero attached hydrogens (tertiary/aromatic N) is 4. The second-order valence-electron chi connectivity index (χ2n) is 3.18. The molecule has 0 unspecified atom stereocenters. The summed E-state index contributed by atoms with van der Waals surface area (Å²) in [7, 11) is 0. The fourth-order valence-electron chi connectivity index (χ4n) is 1.25. The molecule has 0 atom stereocenters. The van der Waals surface area contributed by atoms with Gasteiger partial charge in [-0.25, -0.2) is 4.68 Å². The molecule has 1 aliphatic rings. The zero-order valence-corrected chi connectivity index (χ0v) is 6.98. The molecule has 1 heterocycles. The molecular weight excluding hydrogens is 154 g/mol. The first kappa shape index (κ1) is 7.67. The summed E-state index contributed by atoms with van der Waals surface area (Å²) in [4.78, 5) is 0. The second-order valence-corrected chi connectivity index (χ2v) is 3.18. The van der Waals surface area contributed by atoms with E-state index >= 15 is 0 Å². The Hall–Kier alpha value is -0.970. The summed E-state index contributed by atoms with van der Waals surface area (Å²) in [6.45, 7) is 1.55. The van der Waals surface area contributed by atoms with E-state index in [1.807, 2.05) is 4.68 Å². The molecule has 1 aromatic heterocycles. The van der Waals surface area contributed by atoms with E-state index < -0.39 is 0 Å². The summed E-state index contributed by atoms with van der Waals surface area (Å²) in [5.41, 5.74) is 5.40. The third-order valence-corrected chi connectivity index (χ3v) is 2.08. The van der Waals surface area contributed by atoms with E-state index in [1.165, 1.54) is 12.8 Å². The maximum atomic E-state index is 5.40. The average Bonchev–Trinajstić information content (AvgIpc) is 2.83. The van der Waals surface area contributed by atoms with Crippen molar-refractivity contribution in [1.82, 2.24) is 20.2 Å². The SMILES string of the molecule is NCCCn1nnnc1C1CC1. The maximum Gasteiger partial charge on any atom is 0.154 e. The van der Waals surface area contributed by atoms with Crippen LogP contribution in [0.5, 0.6) is 0 Å². The van der Waals surface area contributed by atoms with Crippen LogP contribution < -0.4 is 5.73 Å². The maximum absolute atomic E-state index is 5.40. The number of aromatic nitrogens is 4. The molecule has 0 amide bonds. The van der Waals surface area contributed by atoms with Crippen molar-refractivity contribution in [2.75, 3.05) is 6.54 Å². The van der Waals surface area contributed by atoms with Gasteiger partial charge in [-0.15, -0.1) is 5.10 Å². The average molecular weight is 167 g/mol. The Bertz CT molecular complexity index is 252. The molecule has 0 spiro atoms. The highest BCUT2D eigenvalue weighted by Gasteiger charge is 2.29. The summed E-state index contributed by atoms with van der Waals surface area (Å²) in [5, 5.41) is 11.6. The highest BCUT2D eigenvalue weighted by atomic mass is 15.5. The second kappa shape index (κ2) is 3.18. The van der Waals surface area contributed by atoms with Crippen molar-refractivity contribution in [1.29, 1.82) is 0 Å². The van der Waals surface area contributed by atoms with E-state index in [-0.39, 0.29) is 0 Å². The lowest BCUT2D eigenvalue weighted by molar-refractivity contribution is 0.543. The van der Waals surface area contributed by atoms with Crippen LogP contribution in [0.3, 0.4) is 0 Å². The zero-order chi connectivity index (χ0) is 8.39. The van der Waals surface area contributed by atoms with Crippen LogP contribution in [0.15, 0.2) is 0 Å². The van der Waals surface area contributed by atoms with Crippen LogP contribution in [0.4, 0.5) is 0 Å². The zero-order valence-electron chi connectivity index (χ0n) is 6.98. The van der Waals surface area contributed by atoms with E-state index in [1.54, 1.807) is 0 Å². The minimum absolute atomic E-state index is 0.623. The van der Waals surface area contributed by atoms with Gasteiger partial charge in [0.05, 0.1) is 0 Å². The van der Waals surface area contributed by atoms with Crippen LogP contribution in [0.25, 0.3) is 0 Å². The van der Waals surface area contributed by atoms with Gasteiger partial charge < -0.3 is 5.73 Å². The van der Waals surface area contributed by atoms with Crippen LogP contribution in [0, 0.1) is 0 Å². The number of tetrazole rings is 1. The molecule has 2 N–H and O–H groups in total. The van der Waals surface area contributed by atoms with Crippen molar-refractivity contribution in [3.63, 3.8) is 0 Å². The predicted molar refractivity (Wildman–Crippen MR) is 43.5 cm³/mol. The molecule has 5 nitrogen and oxygen atoms in total. The van der Waals surface area contributed by atoms with Crippen molar-refractivity contribution in [2.24, 2.45) is 5.73 Å². The van der Waals surface area contributed by atoms with Crippen molar-refractivity contribution in [2.45, 2.75) is 31.7 Å². The van der Waals surface area contributed by atoms with Crippen molar-refractivity contribution in [3.8, 4) is 0 Å². The molecule has 0 radical (unpaired) electrons. The molecule has 1 fully saturated rings. The summed E-state index contributed by atoms with van der Waals surface area (Å²) in [6, 6.07) is 0. The number of hydrogen-bond acceptors (Lipinski definition) is 4. The lowest BCUT2D eigenvalue weighted by Gasteiger charge is -2.00. The highest BCUT2D eigenvalue weighted by molar-refractivity contribution is 5.02. The lowest BCUT2D eigenvalue weighted by Crippen LogP contribution is -2.09. The van der Waals surface area contributed by atoms with Gasteiger partial charge in [0.1, 0.15) is 0 Å². The van der Waals surface area contributed by atoms with Gasteiger partial charge in [-0.2, -0.15) is 0 Å². The number of hydrogen-bond donors (Lipinski definition) is 1. The van der Waals surface area contributed by atoms with Crippen LogP contribution >= 0.6 is 0 Å². The van der Waals surface area contributed by atoms with Crippen LogP contribution in [0.2, 0.25) is 0 Å². The smallest absolute Gasteiger partial charge is 0.154 e. The van der Waals surface area contributed by atoms with Gasteiger partial charge in [0.15, 0.2) is 5.82 Å². The van der Waals surface area contributed by atoms with Crippen LogP contribution in [0.1, 0.15) is 31.0 Å². The van der Waals surface area contributed by atoms with Gasteiger partial charge in [0.2, 0.25) is 0 Å². The predicted octanol–water partition coefficient (Wildman–Crippen LogP) is -0.101. The normalized spacial score (nSPS) is 16.8. The van der Waals surface area contributed by atoms with E-state index in [4.69, 9.17) is 5.73 Å². The van der Waals surface area contributed by atoms with Gasteiger partial charge >= 0.3 is 0 Å². The Balaban J connectivity index is 2.03. The Morgan fingerprint density at radius 2 is 2.33 bits per heavy atom. The quantitative estimate of drug-likeness (QED) is 0.679. The molecule has 5 heteroatoms. The molecule has 1 aliphatic carbocycles. The molecule has 0 aliphatic heterocycles. The number of rotatable bonds is 4. The van der Waals surface area contributed by atoms with Gasteiger partial charge in [0.25, 0.3) is 0 Å². The van der Waals surface area contributed by atoms with E-state index in [0.717, 1.165) is 18.8 Å². The first-order valence-electron chi connectivity index (χ1n) is 4.38. The first-order chi connectivity index (χ1) is 5.92. The van der Waals surface area contributed by atoms with Gasteiger partial charge in [-0.05, 0) is 36.2 Å². The van der Waals surface area contributed by atoms with Crippen molar-refractivity contribution < 1.29 is 0 Å². The van der Waals surface area contributed by atoms with E-state index in [2.05, 4.69) is 15.5 Å². The third kappa shape index (κ3) is 1.45. The molecule has 0 aromatic carbocycles. The third-order valence-electron chi connectivity index (χ3n) is 2.08. The molecule has 12 heavy (non-hydrogen) atoms. The van der Waals surface area contributed by atoms with E-state index in [0.29, 0.717) is 12.5 Å². The Morgan fingerprint density at radius 3 is 3.00 bits per heavy atom. The minimum atomic E-state index is 0.623. The Kier molecular flexibility index (Phi) is 2.03. The number of aryl methyl sites for hydroxylation is 1. The standard InChI is InChI=1S/C7H13N5/c8-4-1-5-12-7(6-2-3-6)9-10-11-12/h6H,1-5,8H2. The summed E-state index contributed by atoms with van der Waals surface area (Å²) >= 11 is 0. The first-order valence-corrected chi connectivity index (χ1v) is 4.38. The molecular formula is C7H13N5. The Labute approximate surface area is 70.9 Å². The molecule has 1 aromatic rings. The van der Waals surface area contributed by atoms with Crippen LogP contribution in [-0.4, -0.2) is 26.8 Å². The largest absolute Gasteiger partial charge is 0.330 e. The van der Waals surface area contributed by atoms with Gasteiger partial charge in [-0.3, -0.25) is 0 Å². The van der Waals surface area contributed by atoms with Gasteiger partial charge in [0, 0.05) is 12.5 Å². The summed E-state index contributed by atoms with van der Waals surface area (Å²) < 4.78 is 1.88. The van der Waals surface area contributed by atoms with Crippen molar-refractivity contribution in [3.05, 3.63) is 5.82 Å². The highest BCUT2D eigenvalue weighted by Crippen LogP contribution is 2.38. The monoisotopic (exact) mass is 167 g/mol. The van der Waals surface area contributed by atoms with E-state index in [9.17, 15) is 0 Å². The van der Waals surface area contributed by atoms with Crippen molar-refractivity contribution >= 4 is 0 Å². The minimum Gasteiger partial charge on any atom is -0.330 e. The summed E-state index contributed by atoms with van der Waals surface area (Å²) in [6.07, 6.45) is 3.43. The molecule has 66 valence electrons. The molecule has 0 saturated heterocycles. The Morgan fingerprint density at radius 1 is 1.50 bits per heavy atom. The molecule has 2 rings (SSSR count). The fourth-order valence-corrected chi connectivity index (χ4v) is 1.25. The summed E-state index contributed by atoms with van der Waals surface area (Å²) in [5.74, 6) is 1.67.